The molecule has 1 aliphatic rings. The molecule has 1 aliphatic heterocycles. The fourth-order valence-corrected chi connectivity index (χ4v) is 3.60. The number of rotatable bonds is 9. The van der Waals surface area contributed by atoms with Crippen molar-refractivity contribution in [3.8, 4) is 5.75 Å². The molecule has 1 amide bonds. The number of piperidine rings is 1. The fourth-order valence-electron chi connectivity index (χ4n) is 3.60. The van der Waals surface area contributed by atoms with E-state index in [1.54, 1.807) is 0 Å². The molecule has 0 aliphatic carbocycles. The van der Waals surface area contributed by atoms with Gasteiger partial charge in [-0.3, -0.25) is 4.79 Å². The Morgan fingerprint density at radius 1 is 1.36 bits per heavy atom. The van der Waals surface area contributed by atoms with Crippen LogP contribution in [-0.2, 0) is 4.79 Å². The second-order valence-electron chi connectivity index (χ2n) is 7.07. The highest BCUT2D eigenvalue weighted by molar-refractivity contribution is 5.81. The van der Waals surface area contributed by atoms with E-state index >= 15 is 0 Å². The van der Waals surface area contributed by atoms with Crippen molar-refractivity contribution in [3.05, 3.63) is 29.8 Å². The number of likely N-dealkylation sites (tertiary alicyclic amines) is 1. The molecule has 1 heterocycles. The third kappa shape index (κ3) is 6.35. The van der Waals surface area contributed by atoms with E-state index in [9.17, 15) is 4.79 Å². The first-order valence-corrected chi connectivity index (χ1v) is 9.89. The highest BCUT2D eigenvalue weighted by Gasteiger charge is 2.21. The van der Waals surface area contributed by atoms with Crippen molar-refractivity contribution >= 4 is 5.91 Å². The minimum absolute atomic E-state index is 0.00491. The van der Waals surface area contributed by atoms with Crippen LogP contribution in [0.15, 0.2) is 24.3 Å². The number of nitrogens with zero attached hydrogens (tertiary/aromatic N) is 1. The molecule has 25 heavy (non-hydrogen) atoms. The van der Waals surface area contributed by atoms with Gasteiger partial charge in [0.15, 0.2) is 6.10 Å². The minimum Gasteiger partial charge on any atom is -0.481 e. The van der Waals surface area contributed by atoms with Gasteiger partial charge >= 0.3 is 0 Å². The summed E-state index contributed by atoms with van der Waals surface area (Å²) in [4.78, 5) is 15.0. The van der Waals surface area contributed by atoms with Gasteiger partial charge in [0, 0.05) is 19.1 Å². The summed E-state index contributed by atoms with van der Waals surface area (Å²) >= 11 is 0. The molecule has 1 fully saturated rings. The van der Waals surface area contributed by atoms with E-state index < -0.39 is 6.10 Å². The van der Waals surface area contributed by atoms with Gasteiger partial charge in [0.05, 0.1) is 0 Å². The average Bonchev–Trinajstić information content (AvgIpc) is 2.63. The molecule has 4 nitrogen and oxygen atoms in total. The molecule has 0 saturated carbocycles. The number of nitrogens with one attached hydrogen (secondary N) is 1. The lowest BCUT2D eigenvalue weighted by Crippen LogP contribution is -2.42. The van der Waals surface area contributed by atoms with E-state index in [1.807, 2.05) is 38.1 Å². The van der Waals surface area contributed by atoms with E-state index in [0.717, 1.165) is 36.9 Å². The Bertz CT molecular complexity index is 532. The van der Waals surface area contributed by atoms with E-state index in [4.69, 9.17) is 4.74 Å². The zero-order valence-electron chi connectivity index (χ0n) is 16.1. The molecule has 2 rings (SSSR count). The Morgan fingerprint density at radius 3 is 2.92 bits per heavy atom. The molecular weight excluding hydrogens is 312 g/mol. The number of carbonyl (C=O) groups excluding carboxylic acids is 1. The summed E-state index contributed by atoms with van der Waals surface area (Å²) in [7, 11) is 0. The lowest BCUT2D eigenvalue weighted by molar-refractivity contribution is -0.128. The van der Waals surface area contributed by atoms with Crippen molar-refractivity contribution in [1.29, 1.82) is 0 Å². The van der Waals surface area contributed by atoms with E-state index in [2.05, 4.69) is 17.1 Å². The lowest BCUT2D eigenvalue weighted by atomic mass is 10.00. The summed E-state index contributed by atoms with van der Waals surface area (Å²) in [6.07, 6.45) is 6.48. The largest absolute Gasteiger partial charge is 0.481 e. The number of carbonyl (C=O) groups is 1. The van der Waals surface area contributed by atoms with Crippen LogP contribution in [0.4, 0.5) is 0 Å². The van der Waals surface area contributed by atoms with E-state index in [0.29, 0.717) is 6.42 Å². The minimum atomic E-state index is -0.417. The Kier molecular flexibility index (Phi) is 8.26. The predicted molar refractivity (Wildman–Crippen MR) is 103 cm³/mol. The normalized spacial score (nSPS) is 19.4. The Morgan fingerprint density at radius 2 is 2.20 bits per heavy atom. The molecule has 4 heteroatoms. The second kappa shape index (κ2) is 10.4. The highest BCUT2D eigenvalue weighted by atomic mass is 16.5. The van der Waals surface area contributed by atoms with Crippen molar-refractivity contribution in [2.45, 2.75) is 71.4 Å². The van der Waals surface area contributed by atoms with Gasteiger partial charge in [-0.05, 0) is 63.3 Å². The van der Waals surface area contributed by atoms with Crippen LogP contribution in [0.3, 0.4) is 0 Å². The first kappa shape index (κ1) is 19.8. The number of hydrogen-bond acceptors (Lipinski definition) is 3. The maximum absolute atomic E-state index is 12.4. The first-order valence-electron chi connectivity index (χ1n) is 9.89. The zero-order valence-corrected chi connectivity index (χ0v) is 16.1. The summed E-state index contributed by atoms with van der Waals surface area (Å²) in [5.41, 5.74) is 1.14. The molecule has 1 N–H and O–H groups in total. The standard InChI is InChI=1S/C21H34N2O2/c1-4-18-11-6-7-14-23(18)15-9-13-22-21(24)20(5-2)25-19-12-8-10-17(3)16-19/h8,10,12,16,18,20H,4-7,9,11,13-15H2,1-3H3,(H,22,24)/t18-,20-/m0/s1. The molecule has 0 spiro atoms. The highest BCUT2D eigenvalue weighted by Crippen LogP contribution is 2.19. The molecule has 2 atom stereocenters. The fraction of sp³-hybridized carbons (Fsp3) is 0.667. The molecule has 0 radical (unpaired) electrons. The number of benzene rings is 1. The molecular formula is C21H34N2O2. The van der Waals surface area contributed by atoms with Gasteiger partial charge in [-0.1, -0.05) is 32.4 Å². The summed E-state index contributed by atoms with van der Waals surface area (Å²) in [5.74, 6) is 0.760. The quantitative estimate of drug-likeness (QED) is 0.689. The maximum Gasteiger partial charge on any atom is 0.261 e. The summed E-state index contributed by atoms with van der Waals surface area (Å²) in [6, 6.07) is 8.59. The van der Waals surface area contributed by atoms with Crippen molar-refractivity contribution in [1.82, 2.24) is 10.2 Å². The first-order chi connectivity index (χ1) is 12.1. The topological polar surface area (TPSA) is 41.6 Å². The average molecular weight is 347 g/mol. The SMILES string of the molecule is CC[C@H]1CCCCN1CCCNC(=O)[C@H](CC)Oc1cccc(C)c1. The van der Waals surface area contributed by atoms with E-state index in [1.165, 1.54) is 32.2 Å². The monoisotopic (exact) mass is 346 g/mol. The van der Waals surface area contributed by atoms with Crippen LogP contribution in [0.1, 0.15) is 57.9 Å². The molecule has 140 valence electrons. The summed E-state index contributed by atoms with van der Waals surface area (Å²) < 4.78 is 5.87. The molecule has 1 saturated heterocycles. The number of ether oxygens (including phenoxy) is 1. The van der Waals surface area contributed by atoms with Gasteiger partial charge in [0.25, 0.3) is 5.91 Å². The predicted octanol–water partition coefficient (Wildman–Crippen LogP) is 3.92. The van der Waals surface area contributed by atoms with E-state index in [-0.39, 0.29) is 5.91 Å². The van der Waals surface area contributed by atoms with Gasteiger partial charge in [-0.2, -0.15) is 0 Å². The smallest absolute Gasteiger partial charge is 0.261 e. The van der Waals surface area contributed by atoms with Crippen molar-refractivity contribution < 1.29 is 9.53 Å². The van der Waals surface area contributed by atoms with Crippen LogP contribution in [0.5, 0.6) is 5.75 Å². The Labute approximate surface area is 152 Å². The van der Waals surface area contributed by atoms with Crippen LogP contribution < -0.4 is 10.1 Å². The summed E-state index contributed by atoms with van der Waals surface area (Å²) in [5, 5.41) is 3.05. The number of aryl methyl sites for hydroxylation is 1. The van der Waals surface area contributed by atoms with Crippen LogP contribution in [-0.4, -0.2) is 42.6 Å². The lowest BCUT2D eigenvalue weighted by Gasteiger charge is -2.35. The van der Waals surface area contributed by atoms with Crippen LogP contribution in [0, 0.1) is 6.92 Å². The van der Waals surface area contributed by atoms with Crippen molar-refractivity contribution in [2.24, 2.45) is 0 Å². The molecule has 1 aromatic carbocycles. The van der Waals surface area contributed by atoms with Crippen molar-refractivity contribution in [2.75, 3.05) is 19.6 Å². The Hall–Kier alpha value is -1.55. The molecule has 0 unspecified atom stereocenters. The van der Waals surface area contributed by atoms with Gasteiger partial charge in [0.1, 0.15) is 5.75 Å². The van der Waals surface area contributed by atoms with Gasteiger partial charge < -0.3 is 15.0 Å². The van der Waals surface area contributed by atoms with Crippen LogP contribution in [0.2, 0.25) is 0 Å². The van der Waals surface area contributed by atoms with Crippen LogP contribution >= 0.6 is 0 Å². The Balaban J connectivity index is 1.72. The number of hydrogen-bond donors (Lipinski definition) is 1. The third-order valence-electron chi connectivity index (χ3n) is 5.07. The molecule has 0 bridgehead atoms. The third-order valence-corrected chi connectivity index (χ3v) is 5.07. The second-order valence-corrected chi connectivity index (χ2v) is 7.07. The van der Waals surface area contributed by atoms with Crippen LogP contribution in [0.25, 0.3) is 0 Å². The van der Waals surface area contributed by atoms with Crippen molar-refractivity contribution in [3.63, 3.8) is 0 Å². The molecule has 1 aromatic rings. The zero-order chi connectivity index (χ0) is 18.1. The maximum atomic E-state index is 12.4. The summed E-state index contributed by atoms with van der Waals surface area (Å²) in [6.45, 7) is 9.30. The number of amides is 1. The van der Waals surface area contributed by atoms with Gasteiger partial charge in [0.2, 0.25) is 0 Å². The van der Waals surface area contributed by atoms with Gasteiger partial charge in [-0.15, -0.1) is 0 Å². The van der Waals surface area contributed by atoms with Gasteiger partial charge in [-0.25, -0.2) is 0 Å². The molecule has 0 aromatic heterocycles.